The summed E-state index contributed by atoms with van der Waals surface area (Å²) in [7, 11) is -7.66. The number of nitrogens with zero attached hydrogens (tertiary/aromatic N) is 1. The number of amides is 2. The van der Waals surface area contributed by atoms with Crippen molar-refractivity contribution in [3.8, 4) is 0 Å². The summed E-state index contributed by atoms with van der Waals surface area (Å²) >= 11 is 0. The van der Waals surface area contributed by atoms with Crippen molar-refractivity contribution in [3.63, 3.8) is 0 Å². The van der Waals surface area contributed by atoms with E-state index in [0.29, 0.717) is 16.9 Å². The Labute approximate surface area is 208 Å². The van der Waals surface area contributed by atoms with Gasteiger partial charge in [-0.05, 0) is 66.2 Å². The van der Waals surface area contributed by atoms with Gasteiger partial charge in [-0.25, -0.2) is 31.5 Å². The van der Waals surface area contributed by atoms with Gasteiger partial charge in [-0.3, -0.25) is 4.99 Å². The first-order valence-corrected chi connectivity index (χ1v) is 13.8. The van der Waals surface area contributed by atoms with Crippen molar-refractivity contribution < 1.29 is 21.6 Å². The van der Waals surface area contributed by atoms with E-state index in [0.717, 1.165) is 24.5 Å². The van der Waals surface area contributed by atoms with Crippen LogP contribution in [-0.2, 0) is 26.6 Å². The molecule has 3 aromatic carbocycles. The minimum absolute atomic E-state index is 0.00800. The summed E-state index contributed by atoms with van der Waals surface area (Å²) in [6.45, 7) is 1.51. The first kappa shape index (κ1) is 25.3. The Morgan fingerprint density at radius 3 is 1.92 bits per heavy atom. The van der Waals surface area contributed by atoms with Crippen molar-refractivity contribution in [2.45, 2.75) is 16.3 Å². The second-order valence-corrected chi connectivity index (χ2v) is 11.2. The highest BCUT2D eigenvalue weighted by Gasteiger charge is 2.15. The zero-order valence-electron chi connectivity index (χ0n) is 18.9. The molecule has 2 amide bonds. The molecule has 0 spiro atoms. The van der Waals surface area contributed by atoms with E-state index >= 15 is 0 Å². The first-order chi connectivity index (χ1) is 17.1. The number of benzene rings is 3. The van der Waals surface area contributed by atoms with Gasteiger partial charge in [0.05, 0.1) is 16.3 Å². The van der Waals surface area contributed by atoms with Gasteiger partial charge in [0, 0.05) is 30.0 Å². The lowest BCUT2D eigenvalue weighted by molar-refractivity contribution is 0.262. The Kier molecular flexibility index (Phi) is 7.35. The molecule has 0 atom stereocenters. The molecule has 0 bridgehead atoms. The molecular weight excluding hydrogens is 504 g/mol. The number of amidine groups is 1. The van der Waals surface area contributed by atoms with Crippen LogP contribution in [0.5, 0.6) is 0 Å². The summed E-state index contributed by atoms with van der Waals surface area (Å²) in [6.07, 6.45) is 0. The van der Waals surface area contributed by atoms with Gasteiger partial charge in [0.15, 0.2) is 0 Å². The third-order valence-electron chi connectivity index (χ3n) is 5.23. The maximum absolute atomic E-state index is 12.6. The standard InChI is InChI=1S/C23H24N6O5S2/c24-35(31,32)20-9-1-16(2-10-20)15-27-36(33,34)21-11-7-19(8-12-21)29-23(30)28-18-5-3-17(4-6-18)22-25-13-14-26-22/h1-12,27H,13-15H2,(H,25,26)(H2,24,31,32)(H2,28,29,30). The lowest BCUT2D eigenvalue weighted by Gasteiger charge is -2.10. The van der Waals surface area contributed by atoms with Crippen LogP contribution in [0.4, 0.5) is 16.2 Å². The summed E-state index contributed by atoms with van der Waals surface area (Å²) < 4.78 is 50.3. The van der Waals surface area contributed by atoms with Crippen molar-refractivity contribution in [2.24, 2.45) is 10.1 Å². The minimum Gasteiger partial charge on any atom is -0.368 e. The number of carbonyl (C=O) groups excluding carboxylic acids is 1. The maximum atomic E-state index is 12.6. The molecule has 0 radical (unpaired) electrons. The maximum Gasteiger partial charge on any atom is 0.323 e. The summed E-state index contributed by atoms with van der Waals surface area (Å²) in [5.41, 5.74) is 2.49. The van der Waals surface area contributed by atoms with Crippen LogP contribution in [0.1, 0.15) is 11.1 Å². The van der Waals surface area contributed by atoms with Crippen LogP contribution in [0.2, 0.25) is 0 Å². The number of anilines is 2. The number of sulfonamides is 2. The van der Waals surface area contributed by atoms with Crippen molar-refractivity contribution in [2.75, 3.05) is 23.7 Å². The van der Waals surface area contributed by atoms with E-state index in [2.05, 4.69) is 25.7 Å². The van der Waals surface area contributed by atoms with Crippen LogP contribution in [0.15, 0.2) is 87.6 Å². The molecule has 0 aliphatic carbocycles. The second kappa shape index (κ2) is 10.5. The highest BCUT2D eigenvalue weighted by Crippen LogP contribution is 2.16. The summed E-state index contributed by atoms with van der Waals surface area (Å²) in [6, 6.07) is 18.0. The molecule has 0 fully saturated rings. The number of nitrogens with two attached hydrogens (primary N) is 1. The molecular formula is C23H24N6O5S2. The van der Waals surface area contributed by atoms with E-state index in [1.165, 1.54) is 48.5 Å². The monoisotopic (exact) mass is 528 g/mol. The smallest absolute Gasteiger partial charge is 0.323 e. The first-order valence-electron chi connectivity index (χ1n) is 10.8. The summed E-state index contributed by atoms with van der Waals surface area (Å²) in [5, 5.41) is 13.6. The zero-order chi connectivity index (χ0) is 25.8. The fourth-order valence-electron chi connectivity index (χ4n) is 3.37. The van der Waals surface area contributed by atoms with Crippen LogP contribution in [0, 0.1) is 0 Å². The molecule has 0 saturated carbocycles. The number of aliphatic imine (C=N–C) groups is 1. The molecule has 3 aromatic rings. The normalized spacial score (nSPS) is 13.5. The Balaban J connectivity index is 1.31. The zero-order valence-corrected chi connectivity index (χ0v) is 20.6. The van der Waals surface area contributed by atoms with Gasteiger partial charge in [-0.2, -0.15) is 0 Å². The third-order valence-corrected chi connectivity index (χ3v) is 7.58. The topological polar surface area (TPSA) is 172 Å². The quantitative estimate of drug-likeness (QED) is 0.298. The van der Waals surface area contributed by atoms with Gasteiger partial charge in [0.25, 0.3) is 0 Å². The molecule has 188 valence electrons. The van der Waals surface area contributed by atoms with Crippen molar-refractivity contribution in [3.05, 3.63) is 83.9 Å². The molecule has 6 N–H and O–H groups in total. The molecule has 0 saturated heterocycles. The molecule has 1 aliphatic rings. The number of hydrogen-bond acceptors (Lipinski definition) is 7. The highest BCUT2D eigenvalue weighted by molar-refractivity contribution is 7.89. The Hall–Kier alpha value is -3.78. The molecule has 13 heteroatoms. The van der Waals surface area contributed by atoms with Crippen molar-refractivity contribution in [1.82, 2.24) is 10.0 Å². The molecule has 4 rings (SSSR count). The minimum atomic E-state index is -3.84. The van der Waals surface area contributed by atoms with Crippen LogP contribution in [0.25, 0.3) is 0 Å². The number of primary sulfonamides is 1. The van der Waals surface area contributed by atoms with Gasteiger partial charge < -0.3 is 16.0 Å². The van der Waals surface area contributed by atoms with Crippen LogP contribution < -0.4 is 25.8 Å². The Morgan fingerprint density at radius 2 is 1.39 bits per heavy atom. The molecule has 36 heavy (non-hydrogen) atoms. The van der Waals surface area contributed by atoms with Crippen LogP contribution >= 0.6 is 0 Å². The second-order valence-electron chi connectivity index (χ2n) is 7.85. The Morgan fingerprint density at radius 1 is 0.833 bits per heavy atom. The third kappa shape index (κ3) is 6.46. The van der Waals surface area contributed by atoms with E-state index in [9.17, 15) is 21.6 Å². The number of nitrogens with one attached hydrogen (secondary N) is 4. The lowest BCUT2D eigenvalue weighted by Crippen LogP contribution is -2.23. The average Bonchev–Trinajstić information content (AvgIpc) is 3.38. The highest BCUT2D eigenvalue weighted by atomic mass is 32.2. The van der Waals surface area contributed by atoms with Gasteiger partial charge >= 0.3 is 6.03 Å². The SMILES string of the molecule is NS(=O)(=O)c1ccc(CNS(=O)(=O)c2ccc(NC(=O)Nc3ccc(C4=NCCN4)cc3)cc2)cc1. The number of hydrogen-bond donors (Lipinski definition) is 5. The molecule has 11 nitrogen and oxygen atoms in total. The van der Waals surface area contributed by atoms with E-state index in [-0.39, 0.29) is 16.3 Å². The fraction of sp³-hybridized carbons (Fsp3) is 0.130. The van der Waals surface area contributed by atoms with Crippen LogP contribution in [-0.4, -0.2) is 41.8 Å². The van der Waals surface area contributed by atoms with Gasteiger partial charge in [-0.1, -0.05) is 12.1 Å². The van der Waals surface area contributed by atoms with Crippen LogP contribution in [0.3, 0.4) is 0 Å². The summed E-state index contributed by atoms with van der Waals surface area (Å²) in [5.74, 6) is 0.829. The van der Waals surface area contributed by atoms with E-state index in [1.54, 1.807) is 12.1 Å². The fourth-order valence-corrected chi connectivity index (χ4v) is 4.91. The summed E-state index contributed by atoms with van der Waals surface area (Å²) in [4.78, 5) is 16.6. The van der Waals surface area contributed by atoms with Gasteiger partial charge in [0.2, 0.25) is 20.0 Å². The molecule has 0 unspecified atom stereocenters. The largest absolute Gasteiger partial charge is 0.368 e. The van der Waals surface area contributed by atoms with E-state index in [4.69, 9.17) is 5.14 Å². The van der Waals surface area contributed by atoms with Crippen molar-refractivity contribution >= 4 is 43.3 Å². The van der Waals surface area contributed by atoms with E-state index < -0.39 is 26.1 Å². The average molecular weight is 529 g/mol. The lowest BCUT2D eigenvalue weighted by atomic mass is 10.2. The molecule has 0 aromatic heterocycles. The number of carbonyl (C=O) groups is 1. The number of urea groups is 1. The predicted octanol–water partition coefficient (Wildman–Crippen LogP) is 1.81. The Bertz CT molecular complexity index is 1490. The molecule has 1 aliphatic heterocycles. The van der Waals surface area contributed by atoms with Gasteiger partial charge in [0.1, 0.15) is 5.84 Å². The molecule has 1 heterocycles. The number of rotatable bonds is 8. The van der Waals surface area contributed by atoms with Gasteiger partial charge in [-0.15, -0.1) is 0 Å². The van der Waals surface area contributed by atoms with Crippen molar-refractivity contribution in [1.29, 1.82) is 0 Å². The van der Waals surface area contributed by atoms with E-state index in [1.807, 2.05) is 12.1 Å². The predicted molar refractivity (Wildman–Crippen MR) is 137 cm³/mol.